The van der Waals surface area contributed by atoms with Crippen LogP contribution in [0.3, 0.4) is 0 Å². The Bertz CT molecular complexity index is 584. The zero-order valence-electron chi connectivity index (χ0n) is 18.3. The average Bonchev–Trinajstić information content (AvgIpc) is 2.75. The highest BCUT2D eigenvalue weighted by atomic mass is 16.6. The summed E-state index contributed by atoms with van der Waals surface area (Å²) in [5.74, 6) is 1.64. The Hall–Kier alpha value is -0.915. The molecule has 0 saturated carbocycles. The van der Waals surface area contributed by atoms with Crippen molar-refractivity contribution >= 4 is 12.2 Å². The summed E-state index contributed by atoms with van der Waals surface area (Å²) >= 11 is 0. The maximum atomic E-state index is 6.05. The van der Waals surface area contributed by atoms with Crippen molar-refractivity contribution in [3.63, 3.8) is 0 Å². The molecule has 0 spiro atoms. The van der Waals surface area contributed by atoms with Crippen molar-refractivity contribution in [2.24, 2.45) is 0 Å². The van der Waals surface area contributed by atoms with Crippen LogP contribution in [0.2, 0.25) is 11.6 Å². The predicted octanol–water partition coefficient (Wildman–Crippen LogP) is 3.59. The summed E-state index contributed by atoms with van der Waals surface area (Å²) in [7, 11) is 0. The Balaban J connectivity index is 1.51. The van der Waals surface area contributed by atoms with Gasteiger partial charge in [0.25, 0.3) is 0 Å². The van der Waals surface area contributed by atoms with Crippen LogP contribution in [0.4, 0.5) is 0 Å². The van der Waals surface area contributed by atoms with Gasteiger partial charge in [-0.25, -0.2) is 0 Å². The highest BCUT2D eigenvalue weighted by Crippen LogP contribution is 2.46. The van der Waals surface area contributed by atoms with E-state index >= 15 is 0 Å². The van der Waals surface area contributed by atoms with E-state index in [1.807, 2.05) is 0 Å². The van der Waals surface area contributed by atoms with Crippen molar-refractivity contribution in [3.05, 3.63) is 29.3 Å². The summed E-state index contributed by atoms with van der Waals surface area (Å²) in [4.78, 5) is 0. The number of fused-ring (bicyclic) bond motifs is 5. The van der Waals surface area contributed by atoms with Crippen LogP contribution >= 0.6 is 0 Å². The Morgan fingerprint density at radius 3 is 1.40 bits per heavy atom. The van der Waals surface area contributed by atoms with E-state index in [4.69, 9.17) is 23.7 Å². The Kier molecular flexibility index (Phi) is 9.07. The Labute approximate surface area is 181 Å². The molecule has 3 aliphatic rings. The van der Waals surface area contributed by atoms with Gasteiger partial charge in [-0.1, -0.05) is 73.8 Å². The molecule has 166 valence electrons. The lowest BCUT2D eigenvalue weighted by atomic mass is 9.24. The Morgan fingerprint density at radius 1 is 0.567 bits per heavy atom. The second-order valence-corrected chi connectivity index (χ2v) is 8.84. The first kappa shape index (κ1) is 22.3. The third-order valence-corrected chi connectivity index (χ3v) is 6.94. The zero-order chi connectivity index (χ0) is 20.4. The Morgan fingerprint density at radius 2 is 0.967 bits per heavy atom. The van der Waals surface area contributed by atoms with Gasteiger partial charge in [-0.3, -0.25) is 0 Å². The van der Waals surface area contributed by atoms with Gasteiger partial charge in [0.05, 0.1) is 66.1 Å². The maximum absolute atomic E-state index is 6.05. The fourth-order valence-corrected chi connectivity index (χ4v) is 5.64. The molecule has 2 fully saturated rings. The number of rotatable bonds is 1. The molecule has 0 atom stereocenters. The van der Waals surface area contributed by atoms with Crippen LogP contribution < -0.4 is 5.46 Å². The van der Waals surface area contributed by atoms with Crippen LogP contribution in [0.5, 0.6) is 0 Å². The van der Waals surface area contributed by atoms with E-state index in [2.05, 4.69) is 18.2 Å². The van der Waals surface area contributed by atoms with Crippen molar-refractivity contribution in [1.82, 2.24) is 0 Å². The number of benzene rings is 1. The normalized spacial score (nSPS) is 27.8. The van der Waals surface area contributed by atoms with Gasteiger partial charge >= 0.3 is 0 Å². The summed E-state index contributed by atoms with van der Waals surface area (Å²) < 4.78 is 28.9. The fourth-order valence-electron chi connectivity index (χ4n) is 5.64. The lowest BCUT2D eigenvalue weighted by molar-refractivity contribution is -0.0142. The molecular formula is C24H37BO5. The number of ether oxygens (including phenoxy) is 5. The second-order valence-electron chi connectivity index (χ2n) is 8.84. The molecule has 3 aliphatic heterocycles. The van der Waals surface area contributed by atoms with E-state index in [0.29, 0.717) is 72.8 Å². The topological polar surface area (TPSA) is 46.2 Å². The molecule has 1 aromatic carbocycles. The molecule has 1 aromatic rings. The summed E-state index contributed by atoms with van der Waals surface area (Å²) in [6.07, 6.45) is 8.30. The standard InChI is InChI=1S/C24H37BO5/c1-4-20-18-29-16-14-27-12-10-26-11-13-28-15-17-30-19-21(5-1)24(20)25-22-6-2-7-23(25)9-3-8-22/h1,4-5,22-23H,2-3,6-19H2. The molecule has 0 aliphatic carbocycles. The van der Waals surface area contributed by atoms with Gasteiger partial charge in [0, 0.05) is 0 Å². The van der Waals surface area contributed by atoms with Crippen LogP contribution in [0, 0.1) is 0 Å². The van der Waals surface area contributed by atoms with E-state index in [1.165, 1.54) is 55.1 Å². The van der Waals surface area contributed by atoms with Crippen LogP contribution in [0.1, 0.15) is 49.7 Å². The van der Waals surface area contributed by atoms with Crippen molar-refractivity contribution in [2.75, 3.05) is 52.9 Å². The lowest BCUT2D eigenvalue weighted by Crippen LogP contribution is -2.47. The van der Waals surface area contributed by atoms with Gasteiger partial charge < -0.3 is 23.7 Å². The average molecular weight is 416 g/mol. The minimum Gasteiger partial charge on any atom is -0.377 e. The molecule has 5 nitrogen and oxygen atoms in total. The minimum absolute atomic E-state index is 0.594. The summed E-state index contributed by atoms with van der Waals surface area (Å²) in [6, 6.07) is 6.70. The molecule has 0 unspecified atom stereocenters. The summed E-state index contributed by atoms with van der Waals surface area (Å²) in [5.41, 5.74) is 4.23. The highest BCUT2D eigenvalue weighted by molar-refractivity contribution is 6.77. The minimum atomic E-state index is 0.594. The van der Waals surface area contributed by atoms with Crippen LogP contribution in [-0.4, -0.2) is 59.6 Å². The molecule has 0 radical (unpaired) electrons. The van der Waals surface area contributed by atoms with Gasteiger partial charge in [-0.15, -0.1) is 0 Å². The van der Waals surface area contributed by atoms with Crippen molar-refractivity contribution in [3.8, 4) is 0 Å². The quantitative estimate of drug-likeness (QED) is 0.655. The third kappa shape index (κ3) is 6.07. The predicted molar refractivity (Wildman–Crippen MR) is 119 cm³/mol. The van der Waals surface area contributed by atoms with Crippen LogP contribution in [-0.2, 0) is 36.9 Å². The zero-order valence-corrected chi connectivity index (χ0v) is 18.3. The fraction of sp³-hybridized carbons (Fsp3) is 0.750. The number of hydrogen-bond donors (Lipinski definition) is 0. The van der Waals surface area contributed by atoms with E-state index in [-0.39, 0.29) is 0 Å². The van der Waals surface area contributed by atoms with Crippen molar-refractivity contribution in [2.45, 2.75) is 63.4 Å². The molecule has 4 rings (SSSR count). The van der Waals surface area contributed by atoms with E-state index < -0.39 is 0 Å². The molecule has 0 N–H and O–H groups in total. The first-order valence-corrected chi connectivity index (χ1v) is 11.9. The van der Waals surface area contributed by atoms with E-state index in [1.54, 1.807) is 0 Å². The second kappa shape index (κ2) is 12.2. The van der Waals surface area contributed by atoms with Gasteiger partial charge in [0.15, 0.2) is 6.71 Å². The molecular weight excluding hydrogens is 379 g/mol. The molecule has 6 heteroatoms. The largest absolute Gasteiger partial charge is 0.377 e. The molecule has 2 saturated heterocycles. The number of hydrogen-bond acceptors (Lipinski definition) is 5. The van der Waals surface area contributed by atoms with Crippen LogP contribution in [0.15, 0.2) is 18.2 Å². The van der Waals surface area contributed by atoms with Gasteiger partial charge in [0.1, 0.15) is 0 Å². The molecule has 4 bridgehead atoms. The van der Waals surface area contributed by atoms with Crippen molar-refractivity contribution in [1.29, 1.82) is 0 Å². The van der Waals surface area contributed by atoms with E-state index in [0.717, 1.165) is 11.6 Å². The van der Waals surface area contributed by atoms with E-state index in [9.17, 15) is 0 Å². The highest BCUT2D eigenvalue weighted by Gasteiger charge is 2.42. The molecule has 30 heavy (non-hydrogen) atoms. The van der Waals surface area contributed by atoms with Gasteiger partial charge in [-0.05, 0) is 11.1 Å². The van der Waals surface area contributed by atoms with Gasteiger partial charge in [0.2, 0.25) is 0 Å². The first-order chi connectivity index (χ1) is 14.9. The SMILES string of the molecule is c1cc2c(B3C4CCCC3CCC4)c(c1)COCCOCCOCCOCCOC2. The lowest BCUT2D eigenvalue weighted by Gasteiger charge is -2.42. The summed E-state index contributed by atoms with van der Waals surface area (Å²) in [5, 5.41) is 0. The smallest absolute Gasteiger partial charge is 0.183 e. The molecule has 0 aromatic heterocycles. The van der Waals surface area contributed by atoms with Crippen LogP contribution in [0.25, 0.3) is 0 Å². The van der Waals surface area contributed by atoms with Crippen molar-refractivity contribution < 1.29 is 23.7 Å². The monoisotopic (exact) mass is 416 g/mol. The third-order valence-electron chi connectivity index (χ3n) is 6.94. The maximum Gasteiger partial charge on any atom is 0.183 e. The molecule has 3 heterocycles. The van der Waals surface area contributed by atoms with Gasteiger partial charge in [-0.2, -0.15) is 0 Å². The molecule has 0 amide bonds. The summed E-state index contributed by atoms with van der Waals surface area (Å²) in [6.45, 7) is 6.79. The first-order valence-electron chi connectivity index (χ1n) is 11.9.